The molecule has 3 nitrogen and oxygen atoms in total. The zero-order chi connectivity index (χ0) is 9.80. The van der Waals surface area contributed by atoms with E-state index in [1.807, 2.05) is 13.1 Å². The van der Waals surface area contributed by atoms with Gasteiger partial charge in [0.2, 0.25) is 0 Å². The predicted octanol–water partition coefficient (Wildman–Crippen LogP) is 2.02. The van der Waals surface area contributed by atoms with Crippen LogP contribution in [0, 0.1) is 0 Å². The molecule has 2 aromatic rings. The summed E-state index contributed by atoms with van der Waals surface area (Å²) in [7, 11) is 1.89. The van der Waals surface area contributed by atoms with Crippen LogP contribution in [0.5, 0.6) is 0 Å². The molecule has 0 atom stereocenters. The van der Waals surface area contributed by atoms with Crippen molar-refractivity contribution in [3.8, 4) is 0 Å². The molecule has 0 aliphatic carbocycles. The highest BCUT2D eigenvalue weighted by atomic mass is 35.5. The highest BCUT2D eigenvalue weighted by Gasteiger charge is 1.98. The smallest absolute Gasteiger partial charge is 0.150 e. The van der Waals surface area contributed by atoms with E-state index in [-0.39, 0.29) is 12.4 Å². The van der Waals surface area contributed by atoms with E-state index in [2.05, 4.69) is 34.3 Å². The minimum Gasteiger partial charge on any atom is -0.256 e. The van der Waals surface area contributed by atoms with Gasteiger partial charge < -0.3 is 0 Å². The van der Waals surface area contributed by atoms with Crippen LogP contribution < -0.4 is 0 Å². The van der Waals surface area contributed by atoms with E-state index in [0.29, 0.717) is 0 Å². The number of aromatic nitrogens is 3. The molecular weight excluding hydrogens is 210 g/mol. The molecular formula is C11H14ClN3. The van der Waals surface area contributed by atoms with Crippen molar-refractivity contribution in [3.05, 3.63) is 48.0 Å². The van der Waals surface area contributed by atoms with Crippen molar-refractivity contribution >= 4 is 12.4 Å². The maximum absolute atomic E-state index is 4.23. The van der Waals surface area contributed by atoms with Crippen molar-refractivity contribution in [2.75, 3.05) is 0 Å². The van der Waals surface area contributed by atoms with Gasteiger partial charge in [-0.25, -0.2) is 4.98 Å². The van der Waals surface area contributed by atoms with Crippen molar-refractivity contribution in [2.24, 2.45) is 7.05 Å². The van der Waals surface area contributed by atoms with Crippen LogP contribution in [-0.4, -0.2) is 14.8 Å². The minimum absolute atomic E-state index is 0. The molecule has 0 bridgehead atoms. The molecule has 0 aliphatic rings. The number of aryl methyl sites for hydroxylation is 3. The Morgan fingerprint density at radius 3 is 2.47 bits per heavy atom. The largest absolute Gasteiger partial charge is 0.256 e. The van der Waals surface area contributed by atoms with Crippen LogP contribution in [0.3, 0.4) is 0 Å². The fourth-order valence-electron chi connectivity index (χ4n) is 1.40. The first-order chi connectivity index (χ1) is 6.84. The number of hydrogen-bond donors (Lipinski definition) is 0. The third-order valence-corrected chi connectivity index (χ3v) is 2.13. The zero-order valence-corrected chi connectivity index (χ0v) is 9.44. The van der Waals surface area contributed by atoms with Crippen LogP contribution in [0.25, 0.3) is 0 Å². The lowest BCUT2D eigenvalue weighted by Gasteiger charge is -1.96. The SMILES string of the molecule is Cl.Cn1cnc(CCc2ccccc2)n1. The summed E-state index contributed by atoms with van der Waals surface area (Å²) in [5.41, 5.74) is 1.33. The first kappa shape index (κ1) is 11.7. The van der Waals surface area contributed by atoms with E-state index in [1.54, 1.807) is 11.0 Å². The summed E-state index contributed by atoms with van der Waals surface area (Å²) in [5.74, 6) is 0.913. The second kappa shape index (κ2) is 5.51. The quantitative estimate of drug-likeness (QED) is 0.797. The summed E-state index contributed by atoms with van der Waals surface area (Å²) >= 11 is 0. The van der Waals surface area contributed by atoms with Gasteiger partial charge in [0.15, 0.2) is 5.82 Å². The molecule has 1 aromatic heterocycles. The van der Waals surface area contributed by atoms with Crippen LogP contribution in [0.15, 0.2) is 36.7 Å². The van der Waals surface area contributed by atoms with Gasteiger partial charge in [0.05, 0.1) is 0 Å². The lowest BCUT2D eigenvalue weighted by atomic mass is 10.1. The summed E-state index contributed by atoms with van der Waals surface area (Å²) in [4.78, 5) is 4.18. The summed E-state index contributed by atoms with van der Waals surface area (Å²) in [5, 5.41) is 4.23. The number of nitrogens with zero attached hydrogens (tertiary/aromatic N) is 3. The second-order valence-electron chi connectivity index (χ2n) is 3.32. The molecule has 1 aromatic carbocycles. The molecule has 0 saturated heterocycles. The Morgan fingerprint density at radius 1 is 1.13 bits per heavy atom. The average Bonchev–Trinajstić information content (AvgIpc) is 2.63. The van der Waals surface area contributed by atoms with Crippen LogP contribution in [0.2, 0.25) is 0 Å². The Kier molecular flexibility index (Phi) is 4.31. The Labute approximate surface area is 95.6 Å². The highest BCUT2D eigenvalue weighted by Crippen LogP contribution is 2.02. The Balaban J connectivity index is 0.00000112. The molecule has 0 radical (unpaired) electrons. The van der Waals surface area contributed by atoms with Crippen molar-refractivity contribution in [3.63, 3.8) is 0 Å². The van der Waals surface area contributed by atoms with E-state index >= 15 is 0 Å². The van der Waals surface area contributed by atoms with E-state index in [1.165, 1.54) is 5.56 Å². The summed E-state index contributed by atoms with van der Waals surface area (Å²) < 4.78 is 1.74. The Hall–Kier alpha value is -1.35. The van der Waals surface area contributed by atoms with E-state index < -0.39 is 0 Å². The highest BCUT2D eigenvalue weighted by molar-refractivity contribution is 5.85. The molecule has 0 N–H and O–H groups in total. The molecule has 15 heavy (non-hydrogen) atoms. The van der Waals surface area contributed by atoms with E-state index in [4.69, 9.17) is 0 Å². The fraction of sp³-hybridized carbons (Fsp3) is 0.273. The van der Waals surface area contributed by atoms with Crippen LogP contribution in [0.1, 0.15) is 11.4 Å². The molecule has 0 fully saturated rings. The first-order valence-electron chi connectivity index (χ1n) is 4.73. The third-order valence-electron chi connectivity index (χ3n) is 2.13. The number of halogens is 1. The lowest BCUT2D eigenvalue weighted by molar-refractivity contribution is 0.736. The molecule has 0 aliphatic heterocycles. The van der Waals surface area contributed by atoms with E-state index in [9.17, 15) is 0 Å². The number of hydrogen-bond acceptors (Lipinski definition) is 2. The molecule has 80 valence electrons. The maximum atomic E-state index is 4.23. The Bertz CT molecular complexity index is 397. The Morgan fingerprint density at radius 2 is 1.87 bits per heavy atom. The third kappa shape index (κ3) is 3.36. The fourth-order valence-corrected chi connectivity index (χ4v) is 1.40. The minimum atomic E-state index is 0. The standard InChI is InChI=1S/C11H13N3.ClH/c1-14-9-12-11(13-14)8-7-10-5-3-2-4-6-10;/h2-6,9H,7-8H2,1H3;1H. The molecule has 1 heterocycles. The predicted molar refractivity (Wildman–Crippen MR) is 62.1 cm³/mol. The van der Waals surface area contributed by atoms with Crippen LogP contribution >= 0.6 is 12.4 Å². The van der Waals surface area contributed by atoms with Gasteiger partial charge in [-0.3, -0.25) is 4.68 Å². The van der Waals surface area contributed by atoms with Crippen molar-refractivity contribution in [1.82, 2.24) is 14.8 Å². The van der Waals surface area contributed by atoms with Crippen LogP contribution in [0.4, 0.5) is 0 Å². The average molecular weight is 224 g/mol. The molecule has 0 saturated carbocycles. The van der Waals surface area contributed by atoms with Crippen LogP contribution in [-0.2, 0) is 19.9 Å². The number of rotatable bonds is 3. The second-order valence-corrected chi connectivity index (χ2v) is 3.32. The monoisotopic (exact) mass is 223 g/mol. The summed E-state index contributed by atoms with van der Waals surface area (Å²) in [6.45, 7) is 0. The van der Waals surface area contributed by atoms with Gasteiger partial charge >= 0.3 is 0 Å². The maximum Gasteiger partial charge on any atom is 0.150 e. The van der Waals surface area contributed by atoms with Gasteiger partial charge in [-0.15, -0.1) is 12.4 Å². The van der Waals surface area contributed by atoms with Gasteiger partial charge in [-0.1, -0.05) is 30.3 Å². The summed E-state index contributed by atoms with van der Waals surface area (Å²) in [6, 6.07) is 10.4. The number of benzene rings is 1. The van der Waals surface area contributed by atoms with Crippen molar-refractivity contribution in [2.45, 2.75) is 12.8 Å². The molecule has 0 unspecified atom stereocenters. The first-order valence-corrected chi connectivity index (χ1v) is 4.73. The molecule has 0 amide bonds. The van der Waals surface area contributed by atoms with Gasteiger partial charge in [0, 0.05) is 13.5 Å². The van der Waals surface area contributed by atoms with E-state index in [0.717, 1.165) is 18.7 Å². The van der Waals surface area contributed by atoms with Gasteiger partial charge in [0.1, 0.15) is 6.33 Å². The molecule has 4 heteroatoms. The van der Waals surface area contributed by atoms with Crippen molar-refractivity contribution < 1.29 is 0 Å². The zero-order valence-electron chi connectivity index (χ0n) is 8.63. The summed E-state index contributed by atoms with van der Waals surface area (Å²) in [6.07, 6.45) is 3.65. The normalized spacial score (nSPS) is 9.67. The topological polar surface area (TPSA) is 30.7 Å². The molecule has 0 spiro atoms. The van der Waals surface area contributed by atoms with Gasteiger partial charge in [0.25, 0.3) is 0 Å². The van der Waals surface area contributed by atoms with Crippen molar-refractivity contribution in [1.29, 1.82) is 0 Å². The van der Waals surface area contributed by atoms with Gasteiger partial charge in [-0.05, 0) is 12.0 Å². The van der Waals surface area contributed by atoms with Gasteiger partial charge in [-0.2, -0.15) is 5.10 Å². The molecule has 2 rings (SSSR count). The lowest BCUT2D eigenvalue weighted by Crippen LogP contribution is -1.95.